The van der Waals surface area contributed by atoms with Crippen molar-refractivity contribution in [1.29, 1.82) is 0 Å². The van der Waals surface area contributed by atoms with Crippen molar-refractivity contribution in [3.8, 4) is 16.9 Å². The number of benzene rings is 1. The molecule has 150 valence electrons. The quantitative estimate of drug-likeness (QED) is 0.824. The van der Waals surface area contributed by atoms with E-state index in [9.17, 15) is 4.79 Å². The summed E-state index contributed by atoms with van der Waals surface area (Å²) in [5, 5.41) is 10.9. The van der Waals surface area contributed by atoms with E-state index in [0.29, 0.717) is 13.0 Å². The van der Waals surface area contributed by atoms with Crippen LogP contribution in [0.25, 0.3) is 11.1 Å². The van der Waals surface area contributed by atoms with Crippen LogP contribution >= 0.6 is 0 Å². The standard InChI is InChI=1S/C20H26N4O4/c1-20(2,3)27-19(25)21-11-15-9-16(28-23-15)13-26-18-8-6-5-7-17(18)14-10-22-24(4)12-14/h5-8,10,12,16H,9,11,13H2,1-4H3,(H,21,25). The van der Waals surface area contributed by atoms with Crippen molar-refractivity contribution in [2.75, 3.05) is 13.2 Å². The lowest BCUT2D eigenvalue weighted by Gasteiger charge is -2.19. The summed E-state index contributed by atoms with van der Waals surface area (Å²) < 4.78 is 12.9. The number of aromatic nitrogens is 2. The molecule has 2 aromatic rings. The van der Waals surface area contributed by atoms with E-state index in [2.05, 4.69) is 15.6 Å². The second kappa shape index (κ2) is 8.33. The number of nitrogens with one attached hydrogen (secondary N) is 1. The lowest BCUT2D eigenvalue weighted by atomic mass is 10.1. The van der Waals surface area contributed by atoms with Gasteiger partial charge in [0.15, 0.2) is 6.10 Å². The van der Waals surface area contributed by atoms with Gasteiger partial charge in [0, 0.05) is 30.8 Å². The molecular formula is C20H26N4O4. The Morgan fingerprint density at radius 1 is 1.36 bits per heavy atom. The van der Waals surface area contributed by atoms with E-state index in [4.69, 9.17) is 14.3 Å². The number of nitrogens with zero attached hydrogens (tertiary/aromatic N) is 3. The Bertz CT molecular complexity index is 854. The minimum Gasteiger partial charge on any atom is -0.489 e. The highest BCUT2D eigenvalue weighted by atomic mass is 16.7. The van der Waals surface area contributed by atoms with Gasteiger partial charge in [-0.3, -0.25) is 4.68 Å². The van der Waals surface area contributed by atoms with Gasteiger partial charge < -0.3 is 19.6 Å². The zero-order chi connectivity index (χ0) is 20.1. The summed E-state index contributed by atoms with van der Waals surface area (Å²) in [7, 11) is 1.88. The molecule has 1 amide bonds. The molecular weight excluding hydrogens is 360 g/mol. The summed E-state index contributed by atoms with van der Waals surface area (Å²) in [6.07, 6.45) is 3.67. The Labute approximate surface area is 164 Å². The Hall–Kier alpha value is -3.03. The van der Waals surface area contributed by atoms with Crippen molar-refractivity contribution < 1.29 is 19.1 Å². The first-order chi connectivity index (χ1) is 13.3. The molecule has 0 saturated carbocycles. The molecule has 1 aromatic heterocycles. The maximum atomic E-state index is 11.7. The molecule has 8 heteroatoms. The molecule has 0 saturated heterocycles. The highest BCUT2D eigenvalue weighted by molar-refractivity contribution is 5.89. The molecule has 0 bridgehead atoms. The molecule has 0 aliphatic carbocycles. The lowest BCUT2D eigenvalue weighted by molar-refractivity contribution is 0.0472. The number of alkyl carbamates (subject to hydrolysis) is 1. The first kappa shape index (κ1) is 19.7. The molecule has 1 N–H and O–H groups in total. The van der Waals surface area contributed by atoms with Gasteiger partial charge in [-0.2, -0.15) is 5.10 Å². The maximum Gasteiger partial charge on any atom is 0.407 e. The normalized spacial score (nSPS) is 16.3. The fraction of sp³-hybridized carbons (Fsp3) is 0.450. The van der Waals surface area contributed by atoms with Crippen LogP contribution in [0.5, 0.6) is 5.75 Å². The van der Waals surface area contributed by atoms with Crippen LogP contribution in [0.3, 0.4) is 0 Å². The van der Waals surface area contributed by atoms with Crippen LogP contribution < -0.4 is 10.1 Å². The van der Waals surface area contributed by atoms with Crippen LogP contribution in [-0.2, 0) is 16.6 Å². The van der Waals surface area contributed by atoms with Gasteiger partial charge in [0.1, 0.15) is 18.0 Å². The number of para-hydroxylation sites is 1. The maximum absolute atomic E-state index is 11.7. The van der Waals surface area contributed by atoms with Gasteiger partial charge in [0.2, 0.25) is 0 Å². The Morgan fingerprint density at radius 2 is 2.14 bits per heavy atom. The van der Waals surface area contributed by atoms with Crippen molar-refractivity contribution in [3.63, 3.8) is 0 Å². The zero-order valence-electron chi connectivity index (χ0n) is 16.6. The molecule has 1 aromatic carbocycles. The largest absolute Gasteiger partial charge is 0.489 e. The monoisotopic (exact) mass is 386 g/mol. The fourth-order valence-corrected chi connectivity index (χ4v) is 2.74. The number of aryl methyl sites for hydroxylation is 1. The smallest absolute Gasteiger partial charge is 0.407 e. The van der Waals surface area contributed by atoms with Crippen LogP contribution in [0.1, 0.15) is 27.2 Å². The van der Waals surface area contributed by atoms with Gasteiger partial charge in [-0.05, 0) is 26.8 Å². The minimum absolute atomic E-state index is 0.197. The van der Waals surface area contributed by atoms with Crippen molar-refractivity contribution in [3.05, 3.63) is 36.7 Å². The third-order valence-corrected chi connectivity index (χ3v) is 3.96. The highest BCUT2D eigenvalue weighted by Crippen LogP contribution is 2.29. The van der Waals surface area contributed by atoms with E-state index < -0.39 is 11.7 Å². The predicted molar refractivity (Wildman–Crippen MR) is 105 cm³/mol. The van der Waals surface area contributed by atoms with E-state index in [-0.39, 0.29) is 12.6 Å². The van der Waals surface area contributed by atoms with Gasteiger partial charge in [-0.1, -0.05) is 23.4 Å². The lowest BCUT2D eigenvalue weighted by Crippen LogP contribution is -2.35. The molecule has 1 aliphatic rings. The van der Waals surface area contributed by atoms with E-state index in [1.807, 2.05) is 58.3 Å². The molecule has 8 nitrogen and oxygen atoms in total. The third-order valence-electron chi connectivity index (χ3n) is 3.96. The number of rotatable bonds is 6. The molecule has 28 heavy (non-hydrogen) atoms. The van der Waals surface area contributed by atoms with Gasteiger partial charge in [0.25, 0.3) is 0 Å². The fourth-order valence-electron chi connectivity index (χ4n) is 2.74. The molecule has 0 fully saturated rings. The summed E-state index contributed by atoms with van der Waals surface area (Å²) in [6, 6.07) is 7.81. The van der Waals surface area contributed by atoms with Crippen molar-refractivity contribution in [2.45, 2.75) is 38.9 Å². The summed E-state index contributed by atoms with van der Waals surface area (Å²) >= 11 is 0. The number of carbonyl (C=O) groups excluding carboxylic acids is 1. The van der Waals surface area contributed by atoms with Crippen LogP contribution in [0.2, 0.25) is 0 Å². The number of ether oxygens (including phenoxy) is 2. The zero-order valence-corrected chi connectivity index (χ0v) is 16.6. The average Bonchev–Trinajstić information content (AvgIpc) is 3.26. The summed E-state index contributed by atoms with van der Waals surface area (Å²) in [5.74, 6) is 0.763. The van der Waals surface area contributed by atoms with Crippen LogP contribution in [0.4, 0.5) is 4.79 Å². The predicted octanol–water partition coefficient (Wildman–Crippen LogP) is 3.14. The molecule has 0 spiro atoms. The van der Waals surface area contributed by atoms with Crippen LogP contribution in [0, 0.1) is 0 Å². The number of oxime groups is 1. The molecule has 3 rings (SSSR count). The first-order valence-corrected chi connectivity index (χ1v) is 9.19. The Morgan fingerprint density at radius 3 is 2.86 bits per heavy atom. The molecule has 2 heterocycles. The molecule has 1 atom stereocenters. The van der Waals surface area contributed by atoms with Crippen molar-refractivity contribution >= 4 is 11.8 Å². The van der Waals surface area contributed by atoms with Crippen LogP contribution in [0.15, 0.2) is 41.8 Å². The second-order valence-corrected chi connectivity index (χ2v) is 7.65. The highest BCUT2D eigenvalue weighted by Gasteiger charge is 2.23. The average molecular weight is 386 g/mol. The number of hydrogen-bond donors (Lipinski definition) is 1. The van der Waals surface area contributed by atoms with Gasteiger partial charge in [0.05, 0.1) is 18.5 Å². The SMILES string of the molecule is Cn1cc(-c2ccccc2OCC2CC(CNC(=O)OC(C)(C)C)=NO2)cn1. The Kier molecular flexibility index (Phi) is 5.87. The minimum atomic E-state index is -0.532. The van der Waals surface area contributed by atoms with Crippen molar-refractivity contribution in [1.82, 2.24) is 15.1 Å². The summed E-state index contributed by atoms with van der Waals surface area (Å²) in [6.45, 7) is 6.10. The Balaban J connectivity index is 1.48. The number of amides is 1. The van der Waals surface area contributed by atoms with Crippen LogP contribution in [-0.4, -0.2) is 46.4 Å². The van der Waals surface area contributed by atoms with E-state index in [0.717, 1.165) is 22.6 Å². The topological polar surface area (TPSA) is 87.0 Å². The van der Waals surface area contributed by atoms with E-state index in [1.165, 1.54) is 0 Å². The molecule has 1 unspecified atom stereocenters. The van der Waals surface area contributed by atoms with Crippen molar-refractivity contribution in [2.24, 2.45) is 12.2 Å². The van der Waals surface area contributed by atoms with E-state index in [1.54, 1.807) is 10.9 Å². The second-order valence-electron chi connectivity index (χ2n) is 7.65. The van der Waals surface area contributed by atoms with Gasteiger partial charge in [-0.25, -0.2) is 4.79 Å². The van der Waals surface area contributed by atoms with Gasteiger partial charge >= 0.3 is 6.09 Å². The molecule has 0 radical (unpaired) electrons. The van der Waals surface area contributed by atoms with E-state index >= 15 is 0 Å². The number of hydrogen-bond acceptors (Lipinski definition) is 6. The molecule has 1 aliphatic heterocycles. The van der Waals surface area contributed by atoms with Gasteiger partial charge in [-0.15, -0.1) is 0 Å². The summed E-state index contributed by atoms with van der Waals surface area (Å²) in [4.78, 5) is 17.1. The summed E-state index contributed by atoms with van der Waals surface area (Å²) in [5.41, 5.74) is 2.18. The first-order valence-electron chi connectivity index (χ1n) is 9.19. The third kappa shape index (κ3) is 5.48. The number of carbonyl (C=O) groups is 1.